The molecule has 1 rings (SSSR count). The summed E-state index contributed by atoms with van der Waals surface area (Å²) in [7, 11) is 0. The summed E-state index contributed by atoms with van der Waals surface area (Å²) in [6, 6.07) is 0.834. The lowest BCUT2D eigenvalue weighted by Crippen LogP contribution is -2.21. The smallest absolute Gasteiger partial charge is 0.00753 e. The fourth-order valence-electron chi connectivity index (χ4n) is 1.45. The predicted molar refractivity (Wildman–Crippen MR) is 53.2 cm³/mol. The highest BCUT2D eigenvalue weighted by Crippen LogP contribution is 2.15. The molecule has 11 heavy (non-hydrogen) atoms. The molecule has 0 aliphatic carbocycles. The van der Waals surface area contributed by atoms with Gasteiger partial charge >= 0.3 is 0 Å². The van der Waals surface area contributed by atoms with Gasteiger partial charge in [0.1, 0.15) is 0 Å². The minimum absolute atomic E-state index is 0.802. The topological polar surface area (TPSA) is 12.0 Å². The van der Waals surface area contributed by atoms with E-state index in [0.29, 0.717) is 0 Å². The van der Waals surface area contributed by atoms with Crippen molar-refractivity contribution in [2.45, 2.75) is 44.4 Å². The van der Waals surface area contributed by atoms with Crippen LogP contribution >= 0.6 is 11.8 Å². The van der Waals surface area contributed by atoms with Crippen LogP contribution in [0.5, 0.6) is 0 Å². The Hall–Kier alpha value is 0.310. The molecule has 1 aliphatic rings. The Balaban J connectivity index is 1.94. The van der Waals surface area contributed by atoms with Crippen LogP contribution in [0.2, 0.25) is 0 Å². The van der Waals surface area contributed by atoms with E-state index in [1.165, 1.54) is 31.6 Å². The second kappa shape index (κ2) is 5.04. The number of rotatable bonds is 4. The Morgan fingerprint density at radius 3 is 2.91 bits per heavy atom. The molecule has 1 atom stereocenters. The Bertz CT molecular complexity index is 97.7. The molecular formula is C9H19NS. The van der Waals surface area contributed by atoms with Gasteiger partial charge < -0.3 is 5.32 Å². The van der Waals surface area contributed by atoms with Crippen molar-refractivity contribution < 1.29 is 0 Å². The monoisotopic (exact) mass is 173 g/mol. The van der Waals surface area contributed by atoms with Gasteiger partial charge in [0.05, 0.1) is 0 Å². The first-order valence-electron chi connectivity index (χ1n) is 4.64. The Morgan fingerprint density at radius 1 is 1.55 bits per heavy atom. The summed E-state index contributed by atoms with van der Waals surface area (Å²) in [5, 5.41) is 4.32. The second-order valence-corrected chi connectivity index (χ2v) is 5.19. The van der Waals surface area contributed by atoms with E-state index in [9.17, 15) is 0 Å². The van der Waals surface area contributed by atoms with Crippen LogP contribution in [-0.2, 0) is 0 Å². The standard InChI is InChI=1S/C9H19NS/c1-8(2)11-7-5-9-4-3-6-10-9/h8-10H,3-7H2,1-2H3. The van der Waals surface area contributed by atoms with Crippen LogP contribution in [0.25, 0.3) is 0 Å². The van der Waals surface area contributed by atoms with Gasteiger partial charge in [-0.05, 0) is 36.8 Å². The predicted octanol–water partition coefficient (Wildman–Crippen LogP) is 2.27. The number of hydrogen-bond donors (Lipinski definition) is 1. The molecule has 1 fully saturated rings. The van der Waals surface area contributed by atoms with Gasteiger partial charge in [0, 0.05) is 6.04 Å². The molecule has 1 saturated heterocycles. The van der Waals surface area contributed by atoms with Gasteiger partial charge in [-0.1, -0.05) is 13.8 Å². The molecule has 0 spiro atoms. The van der Waals surface area contributed by atoms with Crippen molar-refractivity contribution in [3.8, 4) is 0 Å². The van der Waals surface area contributed by atoms with Crippen molar-refractivity contribution in [1.82, 2.24) is 5.32 Å². The Morgan fingerprint density at radius 2 is 2.36 bits per heavy atom. The first-order valence-corrected chi connectivity index (χ1v) is 5.69. The van der Waals surface area contributed by atoms with Gasteiger partial charge in [-0.3, -0.25) is 0 Å². The largest absolute Gasteiger partial charge is 0.314 e. The lowest BCUT2D eigenvalue weighted by Gasteiger charge is -2.10. The molecule has 66 valence electrons. The Kier molecular flexibility index (Phi) is 4.31. The fourth-order valence-corrected chi connectivity index (χ4v) is 2.34. The lowest BCUT2D eigenvalue weighted by atomic mass is 10.2. The molecule has 2 heteroatoms. The van der Waals surface area contributed by atoms with Crippen LogP contribution in [0, 0.1) is 0 Å². The van der Waals surface area contributed by atoms with E-state index in [2.05, 4.69) is 30.9 Å². The molecule has 1 aliphatic heterocycles. The number of hydrogen-bond acceptors (Lipinski definition) is 2. The van der Waals surface area contributed by atoms with Crippen molar-refractivity contribution in [2.75, 3.05) is 12.3 Å². The molecule has 1 N–H and O–H groups in total. The summed E-state index contributed by atoms with van der Waals surface area (Å²) in [5.41, 5.74) is 0. The first kappa shape index (κ1) is 9.40. The van der Waals surface area contributed by atoms with Crippen molar-refractivity contribution in [1.29, 1.82) is 0 Å². The zero-order valence-electron chi connectivity index (χ0n) is 7.60. The summed E-state index contributed by atoms with van der Waals surface area (Å²) in [5.74, 6) is 1.33. The molecule has 0 radical (unpaired) electrons. The Labute approximate surface area is 74.3 Å². The van der Waals surface area contributed by atoms with Crippen LogP contribution in [0.1, 0.15) is 33.1 Å². The van der Waals surface area contributed by atoms with E-state index in [1.54, 1.807) is 0 Å². The van der Waals surface area contributed by atoms with E-state index >= 15 is 0 Å². The van der Waals surface area contributed by atoms with Gasteiger partial charge in [-0.2, -0.15) is 11.8 Å². The summed E-state index contributed by atoms with van der Waals surface area (Å²) in [6.07, 6.45) is 4.15. The van der Waals surface area contributed by atoms with E-state index in [0.717, 1.165) is 11.3 Å². The summed E-state index contributed by atoms with van der Waals surface area (Å²) < 4.78 is 0. The molecule has 0 saturated carbocycles. The SMILES string of the molecule is CC(C)SCCC1CCCN1. The zero-order valence-corrected chi connectivity index (χ0v) is 8.41. The van der Waals surface area contributed by atoms with Gasteiger partial charge in [-0.15, -0.1) is 0 Å². The van der Waals surface area contributed by atoms with Gasteiger partial charge in [0.25, 0.3) is 0 Å². The average molecular weight is 173 g/mol. The molecular weight excluding hydrogens is 154 g/mol. The maximum absolute atomic E-state index is 3.52. The van der Waals surface area contributed by atoms with Crippen LogP contribution in [-0.4, -0.2) is 23.6 Å². The summed E-state index contributed by atoms with van der Waals surface area (Å²) in [6.45, 7) is 5.79. The second-order valence-electron chi connectivity index (χ2n) is 3.50. The minimum atomic E-state index is 0.802. The van der Waals surface area contributed by atoms with E-state index < -0.39 is 0 Å². The minimum Gasteiger partial charge on any atom is -0.314 e. The molecule has 0 aromatic carbocycles. The highest BCUT2D eigenvalue weighted by molar-refractivity contribution is 7.99. The summed E-state index contributed by atoms with van der Waals surface area (Å²) >= 11 is 2.08. The maximum Gasteiger partial charge on any atom is 0.00753 e. The van der Waals surface area contributed by atoms with E-state index in [1.807, 2.05) is 0 Å². The van der Waals surface area contributed by atoms with Crippen molar-refractivity contribution in [3.63, 3.8) is 0 Å². The molecule has 1 unspecified atom stereocenters. The summed E-state index contributed by atoms with van der Waals surface area (Å²) in [4.78, 5) is 0. The molecule has 1 heterocycles. The number of nitrogens with one attached hydrogen (secondary N) is 1. The maximum atomic E-state index is 3.52. The van der Waals surface area contributed by atoms with Crippen LogP contribution < -0.4 is 5.32 Å². The zero-order chi connectivity index (χ0) is 8.10. The highest BCUT2D eigenvalue weighted by Gasteiger charge is 2.12. The van der Waals surface area contributed by atoms with Crippen molar-refractivity contribution in [3.05, 3.63) is 0 Å². The van der Waals surface area contributed by atoms with E-state index in [4.69, 9.17) is 0 Å². The number of thioether (sulfide) groups is 1. The van der Waals surface area contributed by atoms with Gasteiger partial charge in [0.15, 0.2) is 0 Å². The molecule has 0 aromatic rings. The van der Waals surface area contributed by atoms with Crippen molar-refractivity contribution >= 4 is 11.8 Å². The molecule has 0 aromatic heterocycles. The molecule has 1 nitrogen and oxygen atoms in total. The highest BCUT2D eigenvalue weighted by atomic mass is 32.2. The van der Waals surface area contributed by atoms with Gasteiger partial charge in [-0.25, -0.2) is 0 Å². The molecule has 0 bridgehead atoms. The van der Waals surface area contributed by atoms with E-state index in [-0.39, 0.29) is 0 Å². The lowest BCUT2D eigenvalue weighted by molar-refractivity contribution is 0.592. The quantitative estimate of drug-likeness (QED) is 0.700. The third-order valence-corrected chi connectivity index (χ3v) is 3.22. The first-order chi connectivity index (χ1) is 5.29. The normalized spacial score (nSPS) is 24.8. The average Bonchev–Trinajstić information content (AvgIpc) is 2.39. The van der Waals surface area contributed by atoms with Crippen molar-refractivity contribution in [2.24, 2.45) is 0 Å². The van der Waals surface area contributed by atoms with Crippen LogP contribution in [0.3, 0.4) is 0 Å². The third kappa shape index (κ3) is 4.02. The van der Waals surface area contributed by atoms with Crippen LogP contribution in [0.15, 0.2) is 0 Å². The van der Waals surface area contributed by atoms with Crippen LogP contribution in [0.4, 0.5) is 0 Å². The van der Waals surface area contributed by atoms with Gasteiger partial charge in [0.2, 0.25) is 0 Å². The third-order valence-electron chi connectivity index (χ3n) is 2.08. The fraction of sp³-hybridized carbons (Fsp3) is 1.00. The molecule has 0 amide bonds.